The number of hydrogen-bond donors (Lipinski definition) is 1. The molecule has 0 amide bonds. The summed E-state index contributed by atoms with van der Waals surface area (Å²) in [7, 11) is 0. The molecule has 37 heavy (non-hydrogen) atoms. The maximum atomic E-state index is 6.72. The van der Waals surface area contributed by atoms with Crippen molar-refractivity contribution in [3.63, 3.8) is 0 Å². The van der Waals surface area contributed by atoms with E-state index < -0.39 is 28.8 Å². The van der Waals surface area contributed by atoms with Gasteiger partial charge in [0.2, 0.25) is 5.69 Å². The van der Waals surface area contributed by atoms with Gasteiger partial charge in [-0.15, -0.1) is 0 Å². The van der Waals surface area contributed by atoms with Crippen molar-refractivity contribution in [3.05, 3.63) is 36.3 Å². The molecule has 2 aromatic rings. The summed E-state index contributed by atoms with van der Waals surface area (Å²) >= 11 is 7.82. The molecule has 1 unspecified atom stereocenters. The molecular formula is C25H33N4O5PS2. The van der Waals surface area contributed by atoms with Crippen LogP contribution in [0.3, 0.4) is 0 Å². The molecule has 3 saturated heterocycles. The van der Waals surface area contributed by atoms with Crippen molar-refractivity contribution in [2.24, 2.45) is 5.92 Å². The number of allylic oxidation sites excluding steroid dienone is 1. The molecule has 2 saturated carbocycles. The second kappa shape index (κ2) is 7.57. The second-order valence-corrected chi connectivity index (χ2v) is 18.5. The minimum Gasteiger partial charge on any atom is -0.382 e. The van der Waals surface area contributed by atoms with E-state index in [1.807, 2.05) is 32.9 Å². The van der Waals surface area contributed by atoms with Gasteiger partial charge in [0, 0.05) is 4.75 Å². The fourth-order valence-corrected chi connectivity index (χ4v) is 14.4. The van der Waals surface area contributed by atoms with Gasteiger partial charge in [-0.05, 0) is 83.7 Å². The molecule has 12 heteroatoms. The lowest BCUT2D eigenvalue weighted by Gasteiger charge is -2.37. The third kappa shape index (κ3) is 3.38. The van der Waals surface area contributed by atoms with Gasteiger partial charge in [0.1, 0.15) is 35.8 Å². The molecule has 5 fully saturated rings. The van der Waals surface area contributed by atoms with Crippen molar-refractivity contribution in [1.82, 2.24) is 14.6 Å². The summed E-state index contributed by atoms with van der Waals surface area (Å²) in [5.41, 5.74) is 4.62. The Morgan fingerprint density at radius 3 is 2.84 bits per heavy atom. The van der Waals surface area contributed by atoms with Crippen molar-refractivity contribution in [2.45, 2.75) is 100 Å². The van der Waals surface area contributed by atoms with Crippen LogP contribution in [0.5, 0.6) is 0 Å². The molecule has 1 spiro atoms. The summed E-state index contributed by atoms with van der Waals surface area (Å²) in [5, 5.41) is 4.44. The lowest BCUT2D eigenvalue weighted by atomic mass is 9.77. The van der Waals surface area contributed by atoms with E-state index in [2.05, 4.69) is 30.5 Å². The number of aromatic nitrogens is 3. The summed E-state index contributed by atoms with van der Waals surface area (Å²) in [6, 6.07) is 3.86. The molecule has 9 atom stereocenters. The second-order valence-electron chi connectivity index (χ2n) is 11.9. The number of fused-ring (bicyclic) bond motifs is 2. The molecule has 3 aliphatic heterocycles. The average Bonchev–Trinajstić information content (AvgIpc) is 3.24. The zero-order valence-corrected chi connectivity index (χ0v) is 24.2. The van der Waals surface area contributed by atoms with E-state index in [1.54, 1.807) is 15.9 Å². The van der Waals surface area contributed by atoms with Gasteiger partial charge in [0.25, 0.3) is 0 Å². The third-order valence-electron chi connectivity index (χ3n) is 8.84. The number of rotatable bonds is 4. The minimum atomic E-state index is -2.63. The van der Waals surface area contributed by atoms with Crippen molar-refractivity contribution in [3.8, 4) is 0 Å². The van der Waals surface area contributed by atoms with Gasteiger partial charge in [-0.1, -0.05) is 23.5 Å². The number of hydrogen-bond acceptors (Lipinski definition) is 10. The fourth-order valence-electron chi connectivity index (χ4n) is 6.87. The highest BCUT2D eigenvalue weighted by molar-refractivity contribution is 8.68. The van der Waals surface area contributed by atoms with Crippen LogP contribution in [-0.2, 0) is 40.7 Å². The van der Waals surface area contributed by atoms with Gasteiger partial charge in [0.05, 0.1) is 11.8 Å². The summed E-state index contributed by atoms with van der Waals surface area (Å²) in [6.45, 7) is 14.4. The largest absolute Gasteiger partial charge is 0.382 e. The van der Waals surface area contributed by atoms with Crippen molar-refractivity contribution in [2.75, 3.05) is 5.73 Å². The highest BCUT2D eigenvalue weighted by Gasteiger charge is 2.88. The normalized spacial score (nSPS) is 47.5. The van der Waals surface area contributed by atoms with Crippen LogP contribution in [0.25, 0.3) is 5.52 Å². The third-order valence-corrected chi connectivity index (χ3v) is 14.6. The Bertz CT molecular complexity index is 1390. The van der Waals surface area contributed by atoms with Crippen LogP contribution in [0.2, 0.25) is 0 Å². The topological polar surface area (TPSA) is 102 Å². The van der Waals surface area contributed by atoms with Crippen LogP contribution in [0.15, 0.2) is 30.6 Å². The maximum absolute atomic E-state index is 6.72. The summed E-state index contributed by atoms with van der Waals surface area (Å²) in [5.74, 6) is 0.0676. The summed E-state index contributed by atoms with van der Waals surface area (Å²) in [4.78, 5) is 4.11. The van der Waals surface area contributed by atoms with Gasteiger partial charge in [-0.2, -0.15) is 5.10 Å². The Morgan fingerprint density at radius 2 is 2.08 bits per heavy atom. The molecule has 5 aliphatic rings. The number of anilines is 1. The van der Waals surface area contributed by atoms with Gasteiger partial charge in [-0.3, -0.25) is 0 Å². The Morgan fingerprint density at radius 1 is 1.30 bits per heavy atom. The first-order valence-corrected chi connectivity index (χ1v) is 16.8. The number of nitrogen functional groups attached to an aromatic ring is 1. The maximum Gasteiger partial charge on any atom is 0.248 e. The SMILES string of the molecule is C=C(C)[C@H]1CC[C@@]2(C)S[P@@](=S)(OC3[C@H]4O[C@@](C)(c5ccc6c(N)ncnn56)[C@@H]5OC(C)(C)O[C@]345)O[C@@H]2C1. The van der Waals surface area contributed by atoms with E-state index >= 15 is 0 Å². The molecule has 7 rings (SSSR count). The van der Waals surface area contributed by atoms with Crippen LogP contribution in [-0.4, -0.2) is 55.1 Å². The van der Waals surface area contributed by atoms with Crippen LogP contribution < -0.4 is 5.73 Å². The number of nitrogens with two attached hydrogens (primary N) is 1. The first-order chi connectivity index (χ1) is 17.3. The summed E-state index contributed by atoms with van der Waals surface area (Å²) < 4.78 is 34.8. The van der Waals surface area contributed by atoms with E-state index in [0.29, 0.717) is 11.7 Å². The molecule has 9 nitrogen and oxygen atoms in total. The van der Waals surface area contributed by atoms with Crippen molar-refractivity contribution < 1.29 is 23.3 Å². The predicted molar refractivity (Wildman–Crippen MR) is 145 cm³/mol. The molecule has 2 aromatic heterocycles. The number of ether oxygens (including phenoxy) is 3. The predicted octanol–water partition coefficient (Wildman–Crippen LogP) is 4.71. The van der Waals surface area contributed by atoms with E-state index in [4.69, 9.17) is 40.8 Å². The first kappa shape index (κ1) is 25.0. The minimum absolute atomic E-state index is 0.0469. The summed E-state index contributed by atoms with van der Waals surface area (Å²) in [6.07, 6.45) is 3.46. The average molecular weight is 565 g/mol. The van der Waals surface area contributed by atoms with Crippen LogP contribution in [0.4, 0.5) is 5.82 Å². The molecule has 0 radical (unpaired) electrons. The van der Waals surface area contributed by atoms with Gasteiger partial charge in [-0.25, -0.2) is 9.50 Å². The quantitative estimate of drug-likeness (QED) is 0.415. The molecule has 2 N–H and O–H groups in total. The molecule has 200 valence electrons. The standard InChI is InChI=1S/C25H33N4O5PS2/c1-13(2)14-9-10-23(5)17(11-14)32-35(36,37-23)33-19-18-25(19)21(31-22(3,4)34-25)24(6,30-18)16-8-7-15-20(26)27-12-28-29(15)16/h7-8,12,14,17-19,21H,1,9-11H2,2-6H3,(H2,26,27,28)/t14-,17+,18+,19?,21-,23+,24-,25-,35+/m0/s1. The molecule has 0 aromatic carbocycles. The van der Waals surface area contributed by atoms with Crippen molar-refractivity contribution >= 4 is 40.2 Å². The zero-order valence-electron chi connectivity index (χ0n) is 21.7. The van der Waals surface area contributed by atoms with Gasteiger partial charge in [0.15, 0.2) is 17.2 Å². The Balaban J connectivity index is 1.18. The van der Waals surface area contributed by atoms with E-state index in [-0.39, 0.29) is 23.1 Å². The van der Waals surface area contributed by atoms with Crippen LogP contribution in [0.1, 0.15) is 59.6 Å². The van der Waals surface area contributed by atoms with Gasteiger partial charge < -0.3 is 29.0 Å². The molecule has 0 bridgehead atoms. The van der Waals surface area contributed by atoms with E-state index in [1.165, 1.54) is 11.9 Å². The van der Waals surface area contributed by atoms with Gasteiger partial charge >= 0.3 is 0 Å². The van der Waals surface area contributed by atoms with Crippen LogP contribution >= 0.6 is 17.1 Å². The van der Waals surface area contributed by atoms with Crippen molar-refractivity contribution in [1.29, 1.82) is 0 Å². The molecular weight excluding hydrogens is 531 g/mol. The van der Waals surface area contributed by atoms with Crippen LogP contribution in [0, 0.1) is 5.92 Å². The lowest BCUT2D eigenvalue weighted by molar-refractivity contribution is -0.196. The fraction of sp³-hybridized carbons (Fsp3) is 0.680. The highest BCUT2D eigenvalue weighted by Crippen LogP contribution is 2.79. The Kier molecular flexibility index (Phi) is 5.11. The molecule has 5 heterocycles. The zero-order chi connectivity index (χ0) is 26.2. The Labute approximate surface area is 225 Å². The Hall–Kier alpha value is -1.04. The number of nitrogens with zero attached hydrogens (tertiary/aromatic N) is 3. The molecule has 2 aliphatic carbocycles. The first-order valence-electron chi connectivity index (χ1n) is 12.8. The van der Waals surface area contributed by atoms with E-state index in [9.17, 15) is 0 Å². The monoisotopic (exact) mass is 564 g/mol. The smallest absolute Gasteiger partial charge is 0.248 e. The lowest BCUT2D eigenvalue weighted by Crippen LogP contribution is -2.45. The highest BCUT2D eigenvalue weighted by atomic mass is 32.9. The van der Waals surface area contributed by atoms with E-state index in [0.717, 1.165) is 30.5 Å².